The molecule has 1 rings (SSSR count). The molecule has 0 aliphatic heterocycles. The first-order valence-corrected chi connectivity index (χ1v) is 4.32. The molecule has 1 aromatic heterocycles. The summed E-state index contributed by atoms with van der Waals surface area (Å²) in [5.74, 6) is 0. The predicted octanol–water partition coefficient (Wildman–Crippen LogP) is 1.15. The Balaban J connectivity index is 2.72. The van der Waals surface area contributed by atoms with E-state index in [1.54, 1.807) is 6.26 Å². The minimum atomic E-state index is 0.412. The van der Waals surface area contributed by atoms with Crippen LogP contribution in [-0.4, -0.2) is 18.1 Å². The third-order valence-corrected chi connectivity index (χ3v) is 1.75. The van der Waals surface area contributed by atoms with Crippen molar-refractivity contribution < 1.29 is 4.42 Å². The highest BCUT2D eigenvalue weighted by Gasteiger charge is 2.08. The molecule has 0 aliphatic carbocycles. The molecule has 0 aromatic carbocycles. The Morgan fingerprint density at radius 3 is 3.00 bits per heavy atom. The highest BCUT2D eigenvalue weighted by atomic mass is 16.4. The maximum atomic E-state index is 5.42. The molecule has 0 atom stereocenters. The molecule has 0 bridgehead atoms. The monoisotopic (exact) mass is 181 g/mol. The van der Waals surface area contributed by atoms with Gasteiger partial charge in [-0.05, 0) is 6.92 Å². The van der Waals surface area contributed by atoms with Gasteiger partial charge in [0.25, 0.3) is 6.01 Å². The van der Waals surface area contributed by atoms with Crippen LogP contribution >= 0.6 is 0 Å². The van der Waals surface area contributed by atoms with Gasteiger partial charge < -0.3 is 15.1 Å². The first-order chi connectivity index (χ1) is 6.31. The topological polar surface area (TPSA) is 55.3 Å². The highest BCUT2D eigenvalue weighted by Crippen LogP contribution is 2.12. The zero-order chi connectivity index (χ0) is 9.68. The molecule has 0 saturated carbocycles. The average molecular weight is 181 g/mol. The summed E-state index contributed by atoms with van der Waals surface area (Å²) < 4.78 is 5.25. The summed E-state index contributed by atoms with van der Waals surface area (Å²) in [7, 11) is 0. The van der Waals surface area contributed by atoms with E-state index in [0.29, 0.717) is 12.6 Å². The van der Waals surface area contributed by atoms with Crippen LogP contribution < -0.4 is 10.6 Å². The average Bonchev–Trinajstić information content (AvgIpc) is 2.62. The lowest BCUT2D eigenvalue weighted by molar-refractivity contribution is 0.542. The first kappa shape index (κ1) is 9.80. The summed E-state index contributed by atoms with van der Waals surface area (Å²) >= 11 is 0. The molecular formula is C9H15N3O. The van der Waals surface area contributed by atoms with Crippen LogP contribution in [0.2, 0.25) is 0 Å². The number of anilines is 1. The quantitative estimate of drug-likeness (QED) is 0.692. The summed E-state index contributed by atoms with van der Waals surface area (Å²) in [5.41, 5.74) is 6.19. The van der Waals surface area contributed by atoms with Crippen LogP contribution in [0.1, 0.15) is 12.6 Å². The number of rotatable bonds is 5. The zero-order valence-corrected chi connectivity index (χ0v) is 7.86. The van der Waals surface area contributed by atoms with E-state index in [9.17, 15) is 0 Å². The van der Waals surface area contributed by atoms with E-state index in [1.807, 2.05) is 17.9 Å². The first-order valence-electron chi connectivity index (χ1n) is 4.32. The second kappa shape index (κ2) is 4.67. The maximum Gasteiger partial charge on any atom is 0.297 e. The highest BCUT2D eigenvalue weighted by molar-refractivity contribution is 5.27. The number of hydrogen-bond donors (Lipinski definition) is 1. The number of nitrogens with zero attached hydrogens (tertiary/aromatic N) is 2. The second-order valence-corrected chi connectivity index (χ2v) is 2.65. The number of oxazole rings is 1. The Kier molecular flexibility index (Phi) is 3.52. The lowest BCUT2D eigenvalue weighted by atomic mass is 10.5. The van der Waals surface area contributed by atoms with Crippen molar-refractivity contribution in [2.24, 2.45) is 5.73 Å². The van der Waals surface area contributed by atoms with Crippen LogP contribution in [0.5, 0.6) is 0 Å². The number of aromatic nitrogens is 1. The third kappa shape index (κ3) is 2.32. The molecule has 0 unspecified atom stereocenters. The molecule has 13 heavy (non-hydrogen) atoms. The van der Waals surface area contributed by atoms with Gasteiger partial charge in [0.15, 0.2) is 0 Å². The van der Waals surface area contributed by atoms with Crippen LogP contribution in [0.3, 0.4) is 0 Å². The van der Waals surface area contributed by atoms with Crippen molar-refractivity contribution in [3.63, 3.8) is 0 Å². The van der Waals surface area contributed by atoms with Crippen LogP contribution in [0, 0.1) is 0 Å². The molecule has 72 valence electrons. The lowest BCUT2D eigenvalue weighted by Crippen LogP contribution is -2.22. The van der Waals surface area contributed by atoms with Gasteiger partial charge in [-0.2, -0.15) is 4.98 Å². The number of nitrogens with two attached hydrogens (primary N) is 1. The van der Waals surface area contributed by atoms with Crippen molar-refractivity contribution in [2.45, 2.75) is 13.5 Å². The summed E-state index contributed by atoms with van der Waals surface area (Å²) in [4.78, 5) is 6.18. The van der Waals surface area contributed by atoms with Crippen LogP contribution in [0.25, 0.3) is 0 Å². The van der Waals surface area contributed by atoms with Gasteiger partial charge >= 0.3 is 0 Å². The predicted molar refractivity (Wildman–Crippen MR) is 52.5 cm³/mol. The zero-order valence-electron chi connectivity index (χ0n) is 7.86. The van der Waals surface area contributed by atoms with Crippen LogP contribution in [-0.2, 0) is 6.54 Å². The van der Waals surface area contributed by atoms with E-state index in [1.165, 1.54) is 0 Å². The van der Waals surface area contributed by atoms with E-state index in [-0.39, 0.29) is 0 Å². The van der Waals surface area contributed by atoms with Gasteiger partial charge in [-0.3, -0.25) is 0 Å². The molecule has 0 amide bonds. The van der Waals surface area contributed by atoms with Gasteiger partial charge in [0.1, 0.15) is 6.26 Å². The van der Waals surface area contributed by atoms with E-state index < -0.39 is 0 Å². The largest absolute Gasteiger partial charge is 0.432 e. The molecule has 4 heteroatoms. The normalized spacial score (nSPS) is 10.0. The van der Waals surface area contributed by atoms with Crippen molar-refractivity contribution in [2.75, 3.05) is 18.0 Å². The fourth-order valence-electron chi connectivity index (χ4n) is 1.03. The van der Waals surface area contributed by atoms with Crippen molar-refractivity contribution in [1.29, 1.82) is 0 Å². The molecule has 0 saturated heterocycles. The summed E-state index contributed by atoms with van der Waals surface area (Å²) in [6, 6.07) is 0.614. The maximum absolute atomic E-state index is 5.42. The van der Waals surface area contributed by atoms with Gasteiger partial charge in [0.2, 0.25) is 0 Å². The molecule has 4 nitrogen and oxygen atoms in total. The van der Waals surface area contributed by atoms with Crippen molar-refractivity contribution in [3.05, 3.63) is 24.6 Å². The molecule has 0 radical (unpaired) electrons. The molecule has 2 N–H and O–H groups in total. The smallest absolute Gasteiger partial charge is 0.297 e. The van der Waals surface area contributed by atoms with E-state index >= 15 is 0 Å². The van der Waals surface area contributed by atoms with Crippen molar-refractivity contribution in [1.82, 2.24) is 4.98 Å². The summed E-state index contributed by atoms with van der Waals surface area (Å²) in [6.45, 7) is 7.70. The molecule has 0 aliphatic rings. The van der Waals surface area contributed by atoms with Gasteiger partial charge in [0, 0.05) is 19.6 Å². The van der Waals surface area contributed by atoms with Crippen LogP contribution in [0.15, 0.2) is 23.3 Å². The Morgan fingerprint density at radius 2 is 2.54 bits per heavy atom. The number of likely N-dealkylation sites (N-methyl/N-ethyl adjacent to an activating group) is 1. The van der Waals surface area contributed by atoms with E-state index in [0.717, 1.165) is 18.8 Å². The minimum absolute atomic E-state index is 0.412. The van der Waals surface area contributed by atoms with E-state index in [4.69, 9.17) is 10.2 Å². The van der Waals surface area contributed by atoms with E-state index in [2.05, 4.69) is 11.6 Å². The van der Waals surface area contributed by atoms with Crippen molar-refractivity contribution in [3.8, 4) is 0 Å². The lowest BCUT2D eigenvalue weighted by Gasteiger charge is -2.15. The van der Waals surface area contributed by atoms with Gasteiger partial charge in [-0.25, -0.2) is 0 Å². The molecule has 0 spiro atoms. The van der Waals surface area contributed by atoms with Gasteiger partial charge in [-0.1, -0.05) is 6.08 Å². The Hall–Kier alpha value is -1.29. The third-order valence-electron chi connectivity index (χ3n) is 1.75. The van der Waals surface area contributed by atoms with Gasteiger partial charge in [-0.15, -0.1) is 6.58 Å². The molecular weight excluding hydrogens is 166 g/mol. The summed E-state index contributed by atoms with van der Waals surface area (Å²) in [6.07, 6.45) is 3.40. The fraction of sp³-hybridized carbons (Fsp3) is 0.444. The Labute approximate surface area is 78.0 Å². The minimum Gasteiger partial charge on any atom is -0.432 e. The second-order valence-electron chi connectivity index (χ2n) is 2.65. The Morgan fingerprint density at radius 1 is 1.77 bits per heavy atom. The number of hydrogen-bond acceptors (Lipinski definition) is 4. The molecule has 0 fully saturated rings. The standard InChI is InChI=1S/C9H15N3O/c1-3-5-12(4-2)9-11-8(6-10)7-13-9/h3,7H,1,4-6,10H2,2H3. The molecule has 1 heterocycles. The van der Waals surface area contributed by atoms with Crippen LogP contribution in [0.4, 0.5) is 6.01 Å². The van der Waals surface area contributed by atoms with Gasteiger partial charge in [0.05, 0.1) is 5.69 Å². The molecule has 1 aromatic rings. The fourth-order valence-corrected chi connectivity index (χ4v) is 1.03. The summed E-state index contributed by atoms with van der Waals surface area (Å²) in [5, 5.41) is 0. The SMILES string of the molecule is C=CCN(CC)c1nc(CN)co1. The van der Waals surface area contributed by atoms with Crippen molar-refractivity contribution >= 4 is 6.01 Å². The Bertz CT molecular complexity index is 270.